The molecule has 0 spiro atoms. The molecule has 8 nitrogen and oxygen atoms in total. The minimum absolute atomic E-state index is 0.0407. The van der Waals surface area contributed by atoms with Gasteiger partial charge in [-0.15, -0.1) is 0 Å². The van der Waals surface area contributed by atoms with Gasteiger partial charge >= 0.3 is 0 Å². The van der Waals surface area contributed by atoms with E-state index in [9.17, 15) is 14.9 Å². The van der Waals surface area contributed by atoms with Crippen LogP contribution in [0.25, 0.3) is 10.9 Å². The number of non-ortho nitro benzene ring substituents is 1. The first-order valence-corrected chi connectivity index (χ1v) is 8.56. The highest BCUT2D eigenvalue weighted by Gasteiger charge is 2.07. The van der Waals surface area contributed by atoms with Gasteiger partial charge in [0, 0.05) is 18.7 Å². The van der Waals surface area contributed by atoms with E-state index in [1.165, 1.54) is 12.1 Å². The number of nitrogens with one attached hydrogen (secondary N) is 1. The van der Waals surface area contributed by atoms with Crippen LogP contribution < -0.4 is 10.3 Å². The molecule has 0 aliphatic rings. The molecule has 1 aromatic heterocycles. The van der Waals surface area contributed by atoms with E-state index in [1.54, 1.807) is 18.2 Å². The molecular weight excluding hydrogens is 348 g/mol. The van der Waals surface area contributed by atoms with Gasteiger partial charge in [0.2, 0.25) is 0 Å². The summed E-state index contributed by atoms with van der Waals surface area (Å²) >= 11 is 0. The maximum absolute atomic E-state index is 12.1. The van der Waals surface area contributed by atoms with Crippen molar-refractivity contribution in [1.82, 2.24) is 14.9 Å². The summed E-state index contributed by atoms with van der Waals surface area (Å²) in [7, 11) is 1.95. The molecule has 8 heteroatoms. The van der Waals surface area contributed by atoms with Crippen molar-refractivity contribution in [2.24, 2.45) is 0 Å². The van der Waals surface area contributed by atoms with E-state index in [4.69, 9.17) is 4.74 Å². The number of aromatic nitrogens is 2. The molecule has 0 unspecified atom stereocenters. The van der Waals surface area contributed by atoms with E-state index in [0.717, 1.165) is 13.0 Å². The smallest absolute Gasteiger partial charge is 0.269 e. The lowest BCUT2D eigenvalue weighted by Crippen LogP contribution is -2.24. The van der Waals surface area contributed by atoms with Crippen LogP contribution in [0.2, 0.25) is 0 Å². The number of rotatable bonds is 8. The summed E-state index contributed by atoms with van der Waals surface area (Å²) in [6.07, 6.45) is 0.769. The van der Waals surface area contributed by atoms with Gasteiger partial charge in [0.15, 0.2) is 0 Å². The van der Waals surface area contributed by atoms with Crippen molar-refractivity contribution in [3.63, 3.8) is 0 Å². The van der Waals surface area contributed by atoms with Crippen molar-refractivity contribution in [2.75, 3.05) is 20.2 Å². The number of benzene rings is 2. The Labute approximate surface area is 155 Å². The topological polar surface area (TPSA) is 101 Å². The van der Waals surface area contributed by atoms with Crippen molar-refractivity contribution >= 4 is 16.6 Å². The quantitative estimate of drug-likeness (QED) is 0.373. The largest absolute Gasteiger partial charge is 0.494 e. The summed E-state index contributed by atoms with van der Waals surface area (Å²) in [6, 6.07) is 13.3. The van der Waals surface area contributed by atoms with Crippen molar-refractivity contribution in [3.8, 4) is 5.75 Å². The minimum Gasteiger partial charge on any atom is -0.494 e. The predicted octanol–water partition coefficient (Wildman–Crippen LogP) is 2.73. The number of fused-ring (bicyclic) bond motifs is 1. The van der Waals surface area contributed by atoms with Crippen LogP contribution in [0.15, 0.2) is 53.3 Å². The molecule has 1 heterocycles. The van der Waals surface area contributed by atoms with Gasteiger partial charge in [-0.25, -0.2) is 4.98 Å². The van der Waals surface area contributed by atoms with Crippen molar-refractivity contribution in [3.05, 3.63) is 74.8 Å². The van der Waals surface area contributed by atoms with Crippen LogP contribution in [0.3, 0.4) is 0 Å². The molecule has 140 valence electrons. The number of hydrogen-bond acceptors (Lipinski definition) is 6. The summed E-state index contributed by atoms with van der Waals surface area (Å²) in [4.78, 5) is 31.6. The highest BCUT2D eigenvalue weighted by atomic mass is 16.6. The Morgan fingerprint density at radius 2 is 1.93 bits per heavy atom. The third-order valence-electron chi connectivity index (χ3n) is 4.08. The second kappa shape index (κ2) is 8.41. The van der Waals surface area contributed by atoms with Crippen LogP contribution >= 0.6 is 0 Å². The fourth-order valence-electron chi connectivity index (χ4n) is 2.73. The number of nitro groups is 1. The van der Waals surface area contributed by atoms with Gasteiger partial charge in [-0.2, -0.15) is 0 Å². The number of ether oxygens (including phenoxy) is 1. The highest BCUT2D eigenvalue weighted by molar-refractivity contribution is 5.77. The zero-order valence-electron chi connectivity index (χ0n) is 14.9. The second-order valence-corrected chi connectivity index (χ2v) is 6.22. The van der Waals surface area contributed by atoms with E-state index < -0.39 is 4.92 Å². The van der Waals surface area contributed by atoms with Gasteiger partial charge in [-0.1, -0.05) is 12.1 Å². The normalized spacial score (nSPS) is 11.0. The molecule has 27 heavy (non-hydrogen) atoms. The maximum atomic E-state index is 12.1. The van der Waals surface area contributed by atoms with Gasteiger partial charge in [-0.05, 0) is 37.7 Å². The number of nitro benzene ring substituents is 1. The Bertz CT molecular complexity index is 985. The van der Waals surface area contributed by atoms with E-state index in [-0.39, 0.29) is 11.2 Å². The molecule has 3 aromatic rings. The first-order chi connectivity index (χ1) is 13.0. The Morgan fingerprint density at radius 1 is 1.19 bits per heavy atom. The fourth-order valence-corrected chi connectivity index (χ4v) is 2.73. The van der Waals surface area contributed by atoms with Crippen LogP contribution in [0.4, 0.5) is 5.69 Å². The molecule has 3 rings (SSSR count). The van der Waals surface area contributed by atoms with Gasteiger partial charge < -0.3 is 9.72 Å². The molecule has 0 saturated carbocycles. The summed E-state index contributed by atoms with van der Waals surface area (Å²) in [5.74, 6) is 1.22. The SMILES string of the molecule is CN(CCCOc1ccc([N+](=O)[O-])cc1)Cc1nc2ccccc2c(=O)[nH]1. The zero-order chi connectivity index (χ0) is 19.2. The molecule has 0 saturated heterocycles. The number of aromatic amines is 1. The number of H-pyrrole nitrogens is 1. The van der Waals surface area contributed by atoms with E-state index >= 15 is 0 Å². The second-order valence-electron chi connectivity index (χ2n) is 6.22. The average molecular weight is 368 g/mol. The zero-order valence-corrected chi connectivity index (χ0v) is 14.9. The lowest BCUT2D eigenvalue weighted by atomic mass is 10.2. The molecule has 2 aromatic carbocycles. The Hall–Kier alpha value is -3.26. The Kier molecular flexibility index (Phi) is 5.77. The van der Waals surface area contributed by atoms with E-state index in [2.05, 4.69) is 9.97 Å². The third-order valence-corrected chi connectivity index (χ3v) is 4.08. The summed E-state index contributed by atoms with van der Waals surface area (Å²) in [5.41, 5.74) is 0.593. The third kappa shape index (κ3) is 4.89. The minimum atomic E-state index is -0.441. The summed E-state index contributed by atoms with van der Waals surface area (Å²) in [5, 5.41) is 11.2. The van der Waals surface area contributed by atoms with Gasteiger partial charge in [0.05, 0.1) is 29.0 Å². The standard InChI is InChI=1S/C19H20N4O4/c1-22(11-4-12-27-15-9-7-14(8-10-15)23(25)26)13-18-20-17-6-3-2-5-16(17)19(24)21-18/h2-3,5-10H,4,11-13H2,1H3,(H,20,21,24). The van der Waals surface area contributed by atoms with Crippen molar-refractivity contribution < 1.29 is 9.66 Å². The molecule has 1 N–H and O–H groups in total. The van der Waals surface area contributed by atoms with Crippen LogP contribution in [-0.2, 0) is 6.54 Å². The first kappa shape index (κ1) is 18.5. The fraction of sp³-hybridized carbons (Fsp3) is 0.263. The first-order valence-electron chi connectivity index (χ1n) is 8.56. The van der Waals surface area contributed by atoms with Crippen LogP contribution in [-0.4, -0.2) is 40.0 Å². The Morgan fingerprint density at radius 3 is 2.67 bits per heavy atom. The van der Waals surface area contributed by atoms with Gasteiger partial charge in [-0.3, -0.25) is 19.8 Å². The molecule has 0 radical (unpaired) electrons. The molecule has 0 atom stereocenters. The summed E-state index contributed by atoms with van der Waals surface area (Å²) < 4.78 is 5.60. The van der Waals surface area contributed by atoms with Gasteiger partial charge in [0.25, 0.3) is 11.2 Å². The van der Waals surface area contributed by atoms with Crippen molar-refractivity contribution in [2.45, 2.75) is 13.0 Å². The van der Waals surface area contributed by atoms with Crippen LogP contribution in [0.5, 0.6) is 5.75 Å². The Balaban J connectivity index is 1.48. The monoisotopic (exact) mass is 368 g/mol. The maximum Gasteiger partial charge on any atom is 0.269 e. The number of nitrogens with zero attached hydrogens (tertiary/aromatic N) is 3. The number of hydrogen-bond donors (Lipinski definition) is 1. The van der Waals surface area contributed by atoms with Gasteiger partial charge in [0.1, 0.15) is 11.6 Å². The average Bonchev–Trinajstić information content (AvgIpc) is 2.65. The van der Waals surface area contributed by atoms with Crippen LogP contribution in [0, 0.1) is 10.1 Å². The molecule has 0 amide bonds. The summed E-state index contributed by atoms with van der Waals surface area (Å²) in [6.45, 7) is 1.77. The highest BCUT2D eigenvalue weighted by Crippen LogP contribution is 2.17. The van der Waals surface area contributed by atoms with E-state index in [1.807, 2.05) is 30.1 Å². The lowest BCUT2D eigenvalue weighted by molar-refractivity contribution is -0.384. The van der Waals surface area contributed by atoms with E-state index in [0.29, 0.717) is 35.6 Å². The lowest BCUT2D eigenvalue weighted by Gasteiger charge is -2.16. The molecule has 0 aliphatic heterocycles. The molecule has 0 bridgehead atoms. The number of para-hydroxylation sites is 1. The predicted molar refractivity (Wildman–Crippen MR) is 102 cm³/mol. The van der Waals surface area contributed by atoms with Crippen molar-refractivity contribution in [1.29, 1.82) is 0 Å². The molecular formula is C19H20N4O4. The molecule has 0 aliphatic carbocycles. The van der Waals surface area contributed by atoms with Crippen LogP contribution in [0.1, 0.15) is 12.2 Å². The molecule has 0 fully saturated rings.